The van der Waals surface area contributed by atoms with E-state index in [2.05, 4.69) is 70.4 Å². The summed E-state index contributed by atoms with van der Waals surface area (Å²) in [6, 6.07) is 17.5. The Kier molecular flexibility index (Phi) is 2.93. The van der Waals surface area contributed by atoms with Crippen molar-refractivity contribution in [3.05, 3.63) is 60.3 Å². The summed E-state index contributed by atoms with van der Waals surface area (Å²) in [5.41, 5.74) is 5.19. The van der Waals surface area contributed by atoms with Gasteiger partial charge in [-0.15, -0.1) is 0 Å². The molecule has 1 aromatic heterocycles. The van der Waals surface area contributed by atoms with Gasteiger partial charge in [0, 0.05) is 48.1 Å². The molecular weight excluding hydrogens is 258 g/mol. The molecule has 4 rings (SSSR count). The van der Waals surface area contributed by atoms with Crippen LogP contribution in [-0.4, -0.2) is 30.0 Å². The molecule has 0 unspecified atom stereocenters. The van der Waals surface area contributed by atoms with E-state index in [0.29, 0.717) is 0 Å². The highest BCUT2D eigenvalue weighted by Crippen LogP contribution is 2.32. The molecular formula is C18H19N3. The van der Waals surface area contributed by atoms with E-state index in [9.17, 15) is 0 Å². The quantitative estimate of drug-likeness (QED) is 0.732. The summed E-state index contributed by atoms with van der Waals surface area (Å²) in [6.45, 7) is 3.10. The summed E-state index contributed by atoms with van der Waals surface area (Å²) < 4.78 is 0. The third kappa shape index (κ3) is 2.20. The Morgan fingerprint density at radius 1 is 1.00 bits per heavy atom. The molecule has 0 fully saturated rings. The second-order valence-electron chi connectivity index (χ2n) is 5.77. The van der Waals surface area contributed by atoms with Gasteiger partial charge in [-0.05, 0) is 42.9 Å². The van der Waals surface area contributed by atoms with Crippen LogP contribution in [0.1, 0.15) is 5.56 Å². The van der Waals surface area contributed by atoms with Gasteiger partial charge in [0.25, 0.3) is 0 Å². The lowest BCUT2D eigenvalue weighted by molar-refractivity contribution is 0.343. The lowest BCUT2D eigenvalue weighted by Crippen LogP contribution is -2.26. The van der Waals surface area contributed by atoms with Gasteiger partial charge in [-0.2, -0.15) is 0 Å². The first-order valence-corrected chi connectivity index (χ1v) is 7.42. The number of benzene rings is 2. The largest absolute Gasteiger partial charge is 0.361 e. The van der Waals surface area contributed by atoms with Crippen LogP contribution in [0.25, 0.3) is 10.9 Å². The van der Waals surface area contributed by atoms with Crippen molar-refractivity contribution in [3.63, 3.8) is 0 Å². The summed E-state index contributed by atoms with van der Waals surface area (Å²) in [4.78, 5) is 8.08. The first kappa shape index (κ1) is 12.5. The maximum Gasteiger partial charge on any atom is 0.0456 e. The first-order chi connectivity index (χ1) is 10.3. The molecule has 1 aliphatic rings. The maximum atomic E-state index is 3.26. The van der Waals surface area contributed by atoms with Crippen LogP contribution >= 0.6 is 0 Å². The topological polar surface area (TPSA) is 22.3 Å². The Labute approximate surface area is 124 Å². The molecule has 0 bridgehead atoms. The van der Waals surface area contributed by atoms with Crippen molar-refractivity contribution in [2.45, 2.75) is 6.54 Å². The number of anilines is 2. The van der Waals surface area contributed by atoms with Crippen LogP contribution in [0.5, 0.6) is 0 Å². The van der Waals surface area contributed by atoms with Gasteiger partial charge in [-0.25, -0.2) is 0 Å². The Balaban J connectivity index is 1.83. The molecule has 2 aromatic carbocycles. The molecule has 3 aromatic rings. The SMILES string of the molecule is CN1CCN(c2ccc3[nH]ccc3c2)c2ccccc2C1. The monoisotopic (exact) mass is 277 g/mol. The van der Waals surface area contributed by atoms with Crippen LogP contribution in [0.15, 0.2) is 54.7 Å². The number of fused-ring (bicyclic) bond motifs is 2. The van der Waals surface area contributed by atoms with E-state index in [1.807, 2.05) is 6.20 Å². The zero-order chi connectivity index (χ0) is 14.2. The maximum absolute atomic E-state index is 3.26. The minimum absolute atomic E-state index is 1.01. The molecule has 0 radical (unpaired) electrons. The molecule has 3 heteroatoms. The predicted molar refractivity (Wildman–Crippen MR) is 88.1 cm³/mol. The van der Waals surface area contributed by atoms with Crippen molar-refractivity contribution in [2.75, 3.05) is 25.0 Å². The highest BCUT2D eigenvalue weighted by atomic mass is 15.2. The van der Waals surface area contributed by atoms with Gasteiger partial charge in [0.05, 0.1) is 0 Å². The van der Waals surface area contributed by atoms with Crippen molar-refractivity contribution in [1.29, 1.82) is 0 Å². The summed E-state index contributed by atoms with van der Waals surface area (Å²) in [6.07, 6.45) is 2.00. The van der Waals surface area contributed by atoms with Crippen molar-refractivity contribution in [2.24, 2.45) is 0 Å². The van der Waals surface area contributed by atoms with Gasteiger partial charge in [0.1, 0.15) is 0 Å². The fourth-order valence-electron chi connectivity index (χ4n) is 3.15. The fraction of sp³-hybridized carbons (Fsp3) is 0.222. The second kappa shape index (κ2) is 4.93. The van der Waals surface area contributed by atoms with E-state index in [0.717, 1.165) is 19.6 Å². The Bertz CT molecular complexity index is 775. The van der Waals surface area contributed by atoms with Crippen LogP contribution in [0, 0.1) is 0 Å². The number of nitrogens with one attached hydrogen (secondary N) is 1. The van der Waals surface area contributed by atoms with Crippen LogP contribution < -0.4 is 4.90 Å². The fourth-order valence-corrected chi connectivity index (χ4v) is 3.15. The number of para-hydroxylation sites is 1. The van der Waals surface area contributed by atoms with Gasteiger partial charge in [-0.3, -0.25) is 0 Å². The number of aromatic amines is 1. The molecule has 0 saturated carbocycles. The third-order valence-corrected chi connectivity index (χ3v) is 4.28. The average Bonchev–Trinajstić information content (AvgIpc) is 2.89. The minimum atomic E-state index is 1.01. The molecule has 0 amide bonds. The lowest BCUT2D eigenvalue weighted by atomic mass is 10.1. The van der Waals surface area contributed by atoms with Crippen molar-refractivity contribution in [3.8, 4) is 0 Å². The third-order valence-electron chi connectivity index (χ3n) is 4.28. The molecule has 1 N–H and O–H groups in total. The smallest absolute Gasteiger partial charge is 0.0456 e. The van der Waals surface area contributed by atoms with E-state index in [4.69, 9.17) is 0 Å². The first-order valence-electron chi connectivity index (χ1n) is 7.42. The van der Waals surface area contributed by atoms with E-state index >= 15 is 0 Å². The van der Waals surface area contributed by atoms with Gasteiger partial charge in [-0.1, -0.05) is 18.2 Å². The molecule has 0 atom stereocenters. The van der Waals surface area contributed by atoms with Crippen molar-refractivity contribution < 1.29 is 0 Å². The Hall–Kier alpha value is -2.26. The summed E-state index contributed by atoms with van der Waals surface area (Å²) in [7, 11) is 2.19. The second-order valence-corrected chi connectivity index (χ2v) is 5.77. The lowest BCUT2D eigenvalue weighted by Gasteiger charge is -2.25. The molecule has 106 valence electrons. The zero-order valence-corrected chi connectivity index (χ0v) is 12.2. The van der Waals surface area contributed by atoms with E-state index in [1.165, 1.54) is 27.8 Å². The number of hydrogen-bond acceptors (Lipinski definition) is 2. The van der Waals surface area contributed by atoms with Gasteiger partial charge in [0.15, 0.2) is 0 Å². The Morgan fingerprint density at radius 3 is 2.86 bits per heavy atom. The number of nitrogens with zero attached hydrogens (tertiary/aromatic N) is 2. The standard InChI is InChI=1S/C18H19N3/c1-20-10-11-21(18-5-3-2-4-15(18)13-20)16-6-7-17-14(12-16)8-9-19-17/h2-9,12,19H,10-11,13H2,1H3. The molecule has 0 aliphatic carbocycles. The summed E-state index contributed by atoms with van der Waals surface area (Å²) in [5, 5.41) is 1.27. The molecule has 0 saturated heterocycles. The minimum Gasteiger partial charge on any atom is -0.361 e. The molecule has 21 heavy (non-hydrogen) atoms. The summed E-state index contributed by atoms with van der Waals surface area (Å²) >= 11 is 0. The van der Waals surface area contributed by atoms with Crippen molar-refractivity contribution >= 4 is 22.3 Å². The normalized spacial score (nSPS) is 16.0. The van der Waals surface area contributed by atoms with E-state index < -0.39 is 0 Å². The number of likely N-dealkylation sites (N-methyl/N-ethyl adjacent to an activating group) is 1. The Morgan fingerprint density at radius 2 is 1.90 bits per heavy atom. The number of hydrogen-bond donors (Lipinski definition) is 1. The number of H-pyrrole nitrogens is 1. The van der Waals surface area contributed by atoms with E-state index in [-0.39, 0.29) is 0 Å². The molecule has 1 aliphatic heterocycles. The average molecular weight is 277 g/mol. The number of rotatable bonds is 1. The van der Waals surface area contributed by atoms with Gasteiger partial charge >= 0.3 is 0 Å². The molecule has 3 nitrogen and oxygen atoms in total. The predicted octanol–water partition coefficient (Wildman–Crippen LogP) is 3.75. The van der Waals surface area contributed by atoms with Crippen molar-refractivity contribution in [1.82, 2.24) is 9.88 Å². The van der Waals surface area contributed by atoms with Crippen LogP contribution in [0.3, 0.4) is 0 Å². The van der Waals surface area contributed by atoms with E-state index in [1.54, 1.807) is 0 Å². The van der Waals surface area contributed by atoms with Gasteiger partial charge in [0.2, 0.25) is 0 Å². The number of aromatic nitrogens is 1. The molecule has 2 heterocycles. The van der Waals surface area contributed by atoms with Crippen LogP contribution in [0.4, 0.5) is 11.4 Å². The van der Waals surface area contributed by atoms with Crippen LogP contribution in [0.2, 0.25) is 0 Å². The highest BCUT2D eigenvalue weighted by Gasteiger charge is 2.18. The van der Waals surface area contributed by atoms with Gasteiger partial charge < -0.3 is 14.8 Å². The van der Waals surface area contributed by atoms with Crippen LogP contribution in [-0.2, 0) is 6.54 Å². The summed E-state index contributed by atoms with van der Waals surface area (Å²) in [5.74, 6) is 0. The highest BCUT2D eigenvalue weighted by molar-refractivity contribution is 5.84. The molecule has 0 spiro atoms. The zero-order valence-electron chi connectivity index (χ0n) is 12.2.